The van der Waals surface area contributed by atoms with Gasteiger partial charge in [0.1, 0.15) is 5.65 Å². The average Bonchev–Trinajstić information content (AvgIpc) is 2.99. The molecule has 0 aliphatic carbocycles. The van der Waals surface area contributed by atoms with Crippen molar-refractivity contribution in [2.45, 2.75) is 46.3 Å². The summed E-state index contributed by atoms with van der Waals surface area (Å²) in [5.74, 6) is 0. The normalized spacial score (nSPS) is 12.4. The van der Waals surface area contributed by atoms with Gasteiger partial charge in [-0.05, 0) is 51.3 Å². The van der Waals surface area contributed by atoms with Gasteiger partial charge >= 0.3 is 0 Å². The Morgan fingerprint density at radius 1 is 0.920 bits per heavy atom. The summed E-state index contributed by atoms with van der Waals surface area (Å²) in [5.41, 5.74) is 4.60. The van der Waals surface area contributed by atoms with Crippen molar-refractivity contribution in [3.8, 4) is 0 Å². The van der Waals surface area contributed by atoms with E-state index in [0.717, 1.165) is 17.7 Å². The fraction of sp³-hybridized carbons (Fsp3) is 0.318. The first-order valence-electron chi connectivity index (χ1n) is 9.10. The minimum Gasteiger partial charge on any atom is -0.295 e. The number of benzene rings is 2. The predicted molar refractivity (Wildman–Crippen MR) is 106 cm³/mol. The second-order valence-corrected chi connectivity index (χ2v) is 7.34. The van der Waals surface area contributed by atoms with Gasteiger partial charge in [-0.1, -0.05) is 36.4 Å². The number of pyridine rings is 1. The van der Waals surface area contributed by atoms with Gasteiger partial charge in [0.2, 0.25) is 0 Å². The second kappa shape index (κ2) is 6.16. The highest BCUT2D eigenvalue weighted by Gasteiger charge is 2.18. The summed E-state index contributed by atoms with van der Waals surface area (Å²) in [6.45, 7) is 9.99. The molecular formula is C22H25N3. The van der Waals surface area contributed by atoms with Crippen LogP contribution in [0.1, 0.15) is 33.4 Å². The van der Waals surface area contributed by atoms with Crippen molar-refractivity contribution >= 4 is 27.5 Å². The third-order valence-electron chi connectivity index (χ3n) is 5.04. The summed E-state index contributed by atoms with van der Waals surface area (Å²) < 4.78 is 2.34. The third-order valence-corrected chi connectivity index (χ3v) is 5.04. The van der Waals surface area contributed by atoms with Gasteiger partial charge in [0.05, 0.1) is 11.0 Å². The molecule has 4 rings (SSSR count). The number of hydrogen-bond acceptors (Lipinski definition) is 2. The van der Waals surface area contributed by atoms with E-state index >= 15 is 0 Å². The Kier molecular flexibility index (Phi) is 3.97. The monoisotopic (exact) mass is 331 g/mol. The zero-order valence-electron chi connectivity index (χ0n) is 15.4. The van der Waals surface area contributed by atoms with Crippen LogP contribution in [0.2, 0.25) is 0 Å². The van der Waals surface area contributed by atoms with Gasteiger partial charge in [-0.25, -0.2) is 4.98 Å². The smallest absolute Gasteiger partial charge is 0.146 e. The van der Waals surface area contributed by atoms with Gasteiger partial charge in [-0.3, -0.25) is 9.30 Å². The van der Waals surface area contributed by atoms with Crippen molar-refractivity contribution in [1.29, 1.82) is 0 Å². The minimum absolute atomic E-state index is 0.497. The maximum Gasteiger partial charge on any atom is 0.146 e. The van der Waals surface area contributed by atoms with E-state index in [0.29, 0.717) is 12.1 Å². The van der Waals surface area contributed by atoms with Crippen LogP contribution in [0.3, 0.4) is 0 Å². The Labute approximate surface area is 148 Å². The van der Waals surface area contributed by atoms with Gasteiger partial charge < -0.3 is 0 Å². The van der Waals surface area contributed by atoms with Crippen LogP contribution in [0.4, 0.5) is 0 Å². The number of aromatic nitrogens is 2. The number of para-hydroxylation sites is 2. The SMILES string of the molecule is CC(C)N(Cc1cc2ccccc2c2nc3ccccc3n12)C(C)C. The highest BCUT2D eigenvalue weighted by molar-refractivity contribution is 5.98. The zero-order chi connectivity index (χ0) is 17.6. The molecule has 0 fully saturated rings. The molecule has 0 spiro atoms. The molecule has 0 aliphatic heterocycles. The van der Waals surface area contributed by atoms with Gasteiger partial charge in [-0.2, -0.15) is 0 Å². The van der Waals surface area contributed by atoms with Crippen LogP contribution in [0.5, 0.6) is 0 Å². The molecule has 0 saturated carbocycles. The van der Waals surface area contributed by atoms with E-state index in [4.69, 9.17) is 4.98 Å². The van der Waals surface area contributed by atoms with E-state index < -0.39 is 0 Å². The highest BCUT2D eigenvalue weighted by atomic mass is 15.2. The summed E-state index contributed by atoms with van der Waals surface area (Å²) in [6.07, 6.45) is 0. The second-order valence-electron chi connectivity index (χ2n) is 7.34. The Balaban J connectivity index is 2.04. The van der Waals surface area contributed by atoms with E-state index in [1.807, 2.05) is 0 Å². The van der Waals surface area contributed by atoms with Gasteiger partial charge in [0, 0.05) is 29.7 Å². The third kappa shape index (κ3) is 2.69. The van der Waals surface area contributed by atoms with E-state index in [9.17, 15) is 0 Å². The van der Waals surface area contributed by atoms with Crippen molar-refractivity contribution in [3.05, 3.63) is 60.3 Å². The largest absolute Gasteiger partial charge is 0.295 e. The van der Waals surface area contributed by atoms with Crippen LogP contribution in [-0.2, 0) is 6.54 Å². The Morgan fingerprint density at radius 3 is 2.36 bits per heavy atom. The van der Waals surface area contributed by atoms with Gasteiger partial charge in [0.25, 0.3) is 0 Å². The Morgan fingerprint density at radius 2 is 1.60 bits per heavy atom. The van der Waals surface area contributed by atoms with Crippen LogP contribution in [0.25, 0.3) is 27.5 Å². The van der Waals surface area contributed by atoms with Crippen molar-refractivity contribution < 1.29 is 0 Å². The van der Waals surface area contributed by atoms with E-state index in [2.05, 4.69) is 91.6 Å². The summed E-state index contributed by atoms with van der Waals surface area (Å²) in [4.78, 5) is 7.47. The molecule has 0 aliphatic rings. The minimum atomic E-state index is 0.497. The molecule has 4 aromatic rings. The summed E-state index contributed by atoms with van der Waals surface area (Å²) in [6, 6.07) is 20.3. The molecule has 2 heterocycles. The predicted octanol–water partition coefficient (Wildman–Crippen LogP) is 5.26. The number of rotatable bonds is 4. The zero-order valence-corrected chi connectivity index (χ0v) is 15.4. The Bertz CT molecular complexity index is 1040. The van der Waals surface area contributed by atoms with Crippen molar-refractivity contribution in [2.24, 2.45) is 0 Å². The molecule has 128 valence electrons. The molecule has 3 heteroatoms. The highest BCUT2D eigenvalue weighted by Crippen LogP contribution is 2.27. The van der Waals surface area contributed by atoms with E-state index in [-0.39, 0.29) is 0 Å². The molecule has 3 nitrogen and oxygen atoms in total. The molecule has 0 N–H and O–H groups in total. The van der Waals surface area contributed by atoms with Gasteiger partial charge in [0.15, 0.2) is 0 Å². The van der Waals surface area contributed by atoms with Crippen LogP contribution in [0.15, 0.2) is 54.6 Å². The van der Waals surface area contributed by atoms with Crippen LogP contribution in [0, 0.1) is 0 Å². The lowest BCUT2D eigenvalue weighted by molar-refractivity contribution is 0.163. The number of nitrogens with zero attached hydrogens (tertiary/aromatic N) is 3. The quantitative estimate of drug-likeness (QED) is 0.508. The fourth-order valence-corrected chi connectivity index (χ4v) is 3.83. The molecule has 0 atom stereocenters. The summed E-state index contributed by atoms with van der Waals surface area (Å²) >= 11 is 0. The number of hydrogen-bond donors (Lipinski definition) is 0. The molecule has 0 bridgehead atoms. The molecule has 0 saturated heterocycles. The van der Waals surface area contributed by atoms with E-state index in [1.54, 1.807) is 0 Å². The van der Waals surface area contributed by atoms with Crippen LogP contribution < -0.4 is 0 Å². The molecule has 0 unspecified atom stereocenters. The maximum absolute atomic E-state index is 4.95. The maximum atomic E-state index is 4.95. The lowest BCUT2D eigenvalue weighted by Gasteiger charge is -2.31. The van der Waals surface area contributed by atoms with Crippen molar-refractivity contribution in [2.75, 3.05) is 0 Å². The molecule has 2 aromatic heterocycles. The number of fused-ring (bicyclic) bond motifs is 5. The molecule has 2 aromatic carbocycles. The summed E-state index contributed by atoms with van der Waals surface area (Å²) in [5, 5.41) is 2.47. The van der Waals surface area contributed by atoms with Crippen LogP contribution in [-0.4, -0.2) is 26.4 Å². The molecule has 25 heavy (non-hydrogen) atoms. The first kappa shape index (κ1) is 16.1. The lowest BCUT2D eigenvalue weighted by Crippen LogP contribution is -2.36. The van der Waals surface area contributed by atoms with Crippen LogP contribution >= 0.6 is 0 Å². The molecular weight excluding hydrogens is 306 g/mol. The summed E-state index contributed by atoms with van der Waals surface area (Å²) in [7, 11) is 0. The Hall–Kier alpha value is -2.39. The number of imidazole rings is 1. The van der Waals surface area contributed by atoms with E-state index in [1.165, 1.54) is 22.0 Å². The van der Waals surface area contributed by atoms with Gasteiger partial charge in [-0.15, -0.1) is 0 Å². The lowest BCUT2D eigenvalue weighted by atomic mass is 10.1. The first-order valence-corrected chi connectivity index (χ1v) is 9.10. The fourth-order valence-electron chi connectivity index (χ4n) is 3.83. The average molecular weight is 331 g/mol. The molecule has 0 amide bonds. The topological polar surface area (TPSA) is 20.5 Å². The molecule has 0 radical (unpaired) electrons. The van der Waals surface area contributed by atoms with Crippen molar-refractivity contribution in [3.63, 3.8) is 0 Å². The van der Waals surface area contributed by atoms with Crippen molar-refractivity contribution in [1.82, 2.24) is 14.3 Å². The standard InChI is InChI=1S/C22H25N3/c1-15(2)24(16(3)4)14-18-13-17-9-5-6-10-19(17)22-23-20-11-7-8-12-21(20)25(18)22/h5-13,15-16H,14H2,1-4H3. The first-order chi connectivity index (χ1) is 12.1.